The molecule has 0 unspecified atom stereocenters. The summed E-state index contributed by atoms with van der Waals surface area (Å²) in [6.45, 7) is 4.87. The number of hydrogen-bond donors (Lipinski definition) is 1. The van der Waals surface area contributed by atoms with Crippen molar-refractivity contribution in [2.45, 2.75) is 26.8 Å². The van der Waals surface area contributed by atoms with Crippen LogP contribution in [-0.2, 0) is 13.0 Å². The molecule has 0 radical (unpaired) electrons. The smallest absolute Gasteiger partial charge is 0.258 e. The van der Waals surface area contributed by atoms with Crippen molar-refractivity contribution in [1.29, 1.82) is 0 Å². The Labute approximate surface area is 126 Å². The van der Waals surface area contributed by atoms with Gasteiger partial charge in [-0.2, -0.15) is 0 Å². The van der Waals surface area contributed by atoms with Crippen molar-refractivity contribution >= 4 is 17.0 Å². The van der Waals surface area contributed by atoms with Crippen LogP contribution in [0.4, 0.5) is 0 Å². The average Bonchev–Trinajstić information content (AvgIpc) is 3.12. The Morgan fingerprint density at radius 1 is 1.41 bits per heavy atom. The predicted molar refractivity (Wildman–Crippen MR) is 78.3 cm³/mol. The Kier molecular flexibility index (Phi) is 2.75. The number of H-pyrrole nitrogens is 1. The molecular weight excluding hydrogens is 282 g/mol. The highest BCUT2D eigenvalue weighted by Gasteiger charge is 2.26. The maximum atomic E-state index is 12.9. The van der Waals surface area contributed by atoms with E-state index in [1.807, 2.05) is 18.7 Å². The summed E-state index contributed by atoms with van der Waals surface area (Å²) in [5.74, 6) is -0.0259. The second-order valence-electron chi connectivity index (χ2n) is 5.56. The Bertz CT molecular complexity index is 879. The third kappa shape index (κ3) is 1.89. The average molecular weight is 297 g/mol. The molecule has 0 saturated carbocycles. The summed E-state index contributed by atoms with van der Waals surface area (Å²) >= 11 is 0. The molecule has 7 heteroatoms. The molecule has 1 amide bonds. The number of imidazole rings is 1. The number of amides is 1. The van der Waals surface area contributed by atoms with E-state index in [0.717, 1.165) is 23.5 Å². The van der Waals surface area contributed by atoms with Crippen molar-refractivity contribution in [2.24, 2.45) is 0 Å². The fourth-order valence-corrected chi connectivity index (χ4v) is 2.94. The van der Waals surface area contributed by atoms with E-state index < -0.39 is 0 Å². The number of pyridine rings is 1. The normalized spacial score (nSPS) is 14.4. The highest BCUT2D eigenvalue weighted by Crippen LogP contribution is 2.25. The van der Waals surface area contributed by atoms with E-state index in [1.165, 1.54) is 0 Å². The minimum atomic E-state index is -0.0259. The van der Waals surface area contributed by atoms with Gasteiger partial charge in [0.15, 0.2) is 0 Å². The molecule has 1 aliphatic heterocycles. The molecule has 4 rings (SSSR count). The minimum Gasteiger partial charge on any atom is -0.347 e. The van der Waals surface area contributed by atoms with Crippen LogP contribution in [0.1, 0.15) is 33.1 Å². The van der Waals surface area contributed by atoms with Crippen LogP contribution >= 0.6 is 0 Å². The van der Waals surface area contributed by atoms with Gasteiger partial charge in [0.25, 0.3) is 11.6 Å². The van der Waals surface area contributed by atoms with Crippen molar-refractivity contribution in [3.8, 4) is 0 Å². The highest BCUT2D eigenvalue weighted by molar-refractivity contribution is 6.06. The molecule has 112 valence electrons. The topological polar surface area (TPSA) is 87.9 Å². The van der Waals surface area contributed by atoms with Gasteiger partial charge in [0.2, 0.25) is 0 Å². The Morgan fingerprint density at radius 2 is 2.27 bits per heavy atom. The maximum absolute atomic E-state index is 12.9. The van der Waals surface area contributed by atoms with Gasteiger partial charge in [-0.05, 0) is 19.9 Å². The van der Waals surface area contributed by atoms with Gasteiger partial charge < -0.3 is 14.4 Å². The summed E-state index contributed by atoms with van der Waals surface area (Å²) in [4.78, 5) is 26.4. The van der Waals surface area contributed by atoms with Crippen LogP contribution in [0.3, 0.4) is 0 Å². The zero-order chi connectivity index (χ0) is 15.3. The summed E-state index contributed by atoms with van der Waals surface area (Å²) < 4.78 is 5.20. The van der Waals surface area contributed by atoms with Crippen molar-refractivity contribution in [3.63, 3.8) is 0 Å². The highest BCUT2D eigenvalue weighted by atomic mass is 16.5. The van der Waals surface area contributed by atoms with Gasteiger partial charge >= 0.3 is 0 Å². The molecule has 0 aliphatic carbocycles. The molecule has 3 aromatic rings. The second kappa shape index (κ2) is 4.66. The fraction of sp³-hybridized carbons (Fsp3) is 0.333. The van der Waals surface area contributed by atoms with Crippen LogP contribution in [0.2, 0.25) is 0 Å². The van der Waals surface area contributed by atoms with Crippen LogP contribution in [0.5, 0.6) is 0 Å². The largest absolute Gasteiger partial charge is 0.347 e. The van der Waals surface area contributed by atoms with Crippen LogP contribution in [0, 0.1) is 13.8 Å². The van der Waals surface area contributed by atoms with E-state index in [-0.39, 0.29) is 5.91 Å². The molecule has 22 heavy (non-hydrogen) atoms. The molecule has 3 aromatic heterocycles. The SMILES string of the molecule is Cc1cc(C(=O)N2CCc3nc[nH]c3C2)c2c(C)noc2n1. The number of aromatic amines is 1. The molecule has 1 N–H and O–H groups in total. The van der Waals surface area contributed by atoms with Gasteiger partial charge in [0.1, 0.15) is 0 Å². The molecule has 0 spiro atoms. The third-order valence-corrected chi connectivity index (χ3v) is 4.04. The molecule has 0 atom stereocenters. The first kappa shape index (κ1) is 13.0. The lowest BCUT2D eigenvalue weighted by Gasteiger charge is -2.26. The van der Waals surface area contributed by atoms with Crippen LogP contribution in [0.15, 0.2) is 16.9 Å². The fourth-order valence-electron chi connectivity index (χ4n) is 2.94. The molecule has 4 heterocycles. The van der Waals surface area contributed by atoms with Gasteiger partial charge in [-0.3, -0.25) is 4.79 Å². The number of nitrogens with zero attached hydrogens (tertiary/aromatic N) is 4. The Morgan fingerprint density at radius 3 is 3.14 bits per heavy atom. The van der Waals surface area contributed by atoms with Gasteiger partial charge in [-0.1, -0.05) is 5.16 Å². The quantitative estimate of drug-likeness (QED) is 0.739. The first-order valence-electron chi connectivity index (χ1n) is 7.17. The zero-order valence-corrected chi connectivity index (χ0v) is 12.4. The number of carbonyl (C=O) groups is 1. The lowest BCUT2D eigenvalue weighted by molar-refractivity contribution is 0.0733. The number of fused-ring (bicyclic) bond motifs is 2. The van der Waals surface area contributed by atoms with Crippen LogP contribution in [-0.4, -0.2) is 37.5 Å². The number of rotatable bonds is 1. The van der Waals surface area contributed by atoms with Crippen molar-refractivity contribution in [2.75, 3.05) is 6.54 Å². The standard InChI is InChI=1S/C15H15N5O2/c1-8-5-10(13-9(2)19-22-14(13)18-8)15(21)20-4-3-11-12(6-20)17-7-16-11/h5,7H,3-4,6H2,1-2H3,(H,16,17). The predicted octanol–water partition coefficient (Wildman–Crippen LogP) is 1.76. The summed E-state index contributed by atoms with van der Waals surface area (Å²) in [7, 11) is 0. The molecule has 7 nitrogen and oxygen atoms in total. The number of aromatic nitrogens is 4. The summed E-state index contributed by atoms with van der Waals surface area (Å²) in [6.07, 6.45) is 2.44. The lowest BCUT2D eigenvalue weighted by atomic mass is 10.1. The summed E-state index contributed by atoms with van der Waals surface area (Å²) in [6, 6.07) is 1.80. The van der Waals surface area contributed by atoms with Crippen LogP contribution in [0.25, 0.3) is 11.1 Å². The van der Waals surface area contributed by atoms with Gasteiger partial charge in [0.05, 0.1) is 40.9 Å². The Balaban J connectivity index is 1.76. The minimum absolute atomic E-state index is 0.0259. The van der Waals surface area contributed by atoms with Gasteiger partial charge in [-0.15, -0.1) is 0 Å². The van der Waals surface area contributed by atoms with Crippen molar-refractivity contribution in [3.05, 3.63) is 40.7 Å². The summed E-state index contributed by atoms with van der Waals surface area (Å²) in [5.41, 5.74) is 4.49. The van der Waals surface area contributed by atoms with Crippen molar-refractivity contribution in [1.82, 2.24) is 25.0 Å². The van der Waals surface area contributed by atoms with E-state index >= 15 is 0 Å². The van der Waals surface area contributed by atoms with Crippen LogP contribution < -0.4 is 0 Å². The molecule has 0 bridgehead atoms. The first-order valence-corrected chi connectivity index (χ1v) is 7.17. The molecule has 0 saturated heterocycles. The Hall–Kier alpha value is -2.70. The first-order chi connectivity index (χ1) is 10.6. The van der Waals surface area contributed by atoms with E-state index in [1.54, 1.807) is 12.4 Å². The van der Waals surface area contributed by atoms with Gasteiger partial charge in [-0.25, -0.2) is 9.97 Å². The van der Waals surface area contributed by atoms with Gasteiger partial charge in [0, 0.05) is 18.7 Å². The molecular formula is C15H15N5O2. The van der Waals surface area contributed by atoms with E-state index in [9.17, 15) is 4.79 Å². The number of carbonyl (C=O) groups excluding carboxylic acids is 1. The van der Waals surface area contributed by atoms with E-state index in [4.69, 9.17) is 4.52 Å². The monoisotopic (exact) mass is 297 g/mol. The zero-order valence-electron chi connectivity index (χ0n) is 12.4. The second-order valence-corrected chi connectivity index (χ2v) is 5.56. The molecule has 1 aliphatic rings. The number of aryl methyl sites for hydroxylation is 2. The van der Waals surface area contributed by atoms with Crippen molar-refractivity contribution < 1.29 is 9.32 Å². The van der Waals surface area contributed by atoms with E-state index in [0.29, 0.717) is 35.4 Å². The molecule has 0 fully saturated rings. The number of hydrogen-bond acceptors (Lipinski definition) is 5. The molecule has 0 aromatic carbocycles. The maximum Gasteiger partial charge on any atom is 0.258 e. The number of nitrogens with one attached hydrogen (secondary N) is 1. The van der Waals surface area contributed by atoms with E-state index in [2.05, 4.69) is 20.1 Å². The third-order valence-electron chi connectivity index (χ3n) is 4.04. The summed E-state index contributed by atoms with van der Waals surface area (Å²) in [5, 5.41) is 4.63. The lowest BCUT2D eigenvalue weighted by Crippen LogP contribution is -2.36.